The predicted molar refractivity (Wildman–Crippen MR) is 93.3 cm³/mol. The Morgan fingerprint density at radius 2 is 1.96 bits per heavy atom. The maximum atomic E-state index is 11.2. The van der Waals surface area contributed by atoms with Gasteiger partial charge in [0.1, 0.15) is 18.1 Å². The maximum absolute atomic E-state index is 11.2. The van der Waals surface area contributed by atoms with E-state index in [1.54, 1.807) is 36.4 Å². The summed E-state index contributed by atoms with van der Waals surface area (Å²) in [7, 11) is 0. The van der Waals surface area contributed by atoms with Crippen molar-refractivity contribution in [3.8, 4) is 5.75 Å². The standard InChI is InChI=1S/C18H16N2O6/c1-12(21)19-17(18(22)23)10-13-4-3-7-16(9-13)26-11-14-5-2-6-15(8-14)20(24)25/h2-10H,11H2,1H3,(H,19,21)(H,22,23)/b17-10+. The van der Waals surface area contributed by atoms with Gasteiger partial charge in [-0.1, -0.05) is 24.3 Å². The molecule has 0 aliphatic heterocycles. The van der Waals surface area contributed by atoms with E-state index in [1.165, 1.54) is 25.1 Å². The number of aliphatic carboxylic acids is 1. The Balaban J connectivity index is 2.14. The number of hydrogen-bond donors (Lipinski definition) is 2. The average Bonchev–Trinajstić information content (AvgIpc) is 2.59. The van der Waals surface area contributed by atoms with Crippen LogP contribution in [0.3, 0.4) is 0 Å². The molecule has 0 aliphatic rings. The first-order chi connectivity index (χ1) is 12.3. The van der Waals surface area contributed by atoms with Gasteiger partial charge in [-0.25, -0.2) is 4.79 Å². The molecule has 8 heteroatoms. The Morgan fingerprint density at radius 1 is 1.23 bits per heavy atom. The molecule has 2 rings (SSSR count). The van der Waals surface area contributed by atoms with E-state index in [4.69, 9.17) is 9.84 Å². The fourth-order valence-corrected chi connectivity index (χ4v) is 2.13. The van der Waals surface area contributed by atoms with Crippen molar-refractivity contribution in [3.63, 3.8) is 0 Å². The first kappa shape index (κ1) is 18.7. The van der Waals surface area contributed by atoms with Crippen LogP contribution in [0.25, 0.3) is 6.08 Å². The number of nitro benzene ring substituents is 1. The summed E-state index contributed by atoms with van der Waals surface area (Å²) < 4.78 is 5.60. The summed E-state index contributed by atoms with van der Waals surface area (Å²) in [6, 6.07) is 12.7. The molecule has 0 saturated carbocycles. The number of nitro groups is 1. The summed E-state index contributed by atoms with van der Waals surface area (Å²) >= 11 is 0. The number of carboxylic acids is 1. The van der Waals surface area contributed by atoms with Gasteiger partial charge < -0.3 is 15.2 Å². The molecule has 0 bridgehead atoms. The van der Waals surface area contributed by atoms with Gasteiger partial charge in [-0.2, -0.15) is 0 Å². The van der Waals surface area contributed by atoms with Crippen LogP contribution in [0.2, 0.25) is 0 Å². The molecule has 0 radical (unpaired) electrons. The molecule has 0 atom stereocenters. The van der Waals surface area contributed by atoms with Crippen LogP contribution >= 0.6 is 0 Å². The highest BCUT2D eigenvalue weighted by Gasteiger charge is 2.09. The van der Waals surface area contributed by atoms with Crippen LogP contribution in [0.5, 0.6) is 5.75 Å². The van der Waals surface area contributed by atoms with Crippen LogP contribution in [-0.2, 0) is 16.2 Å². The highest BCUT2D eigenvalue weighted by atomic mass is 16.6. The minimum absolute atomic E-state index is 0.0239. The molecule has 134 valence electrons. The molecule has 8 nitrogen and oxygen atoms in total. The van der Waals surface area contributed by atoms with E-state index in [-0.39, 0.29) is 18.0 Å². The summed E-state index contributed by atoms with van der Waals surface area (Å²) in [6.07, 6.45) is 1.31. The first-order valence-corrected chi connectivity index (χ1v) is 7.54. The molecule has 1 amide bonds. The average molecular weight is 356 g/mol. The van der Waals surface area contributed by atoms with E-state index < -0.39 is 16.8 Å². The second-order valence-electron chi connectivity index (χ2n) is 5.33. The van der Waals surface area contributed by atoms with Crippen molar-refractivity contribution >= 4 is 23.6 Å². The summed E-state index contributed by atoms with van der Waals surface area (Å²) in [5.74, 6) is -1.29. The Kier molecular flexibility index (Phi) is 6.05. The molecule has 0 heterocycles. The number of nitrogens with one attached hydrogen (secondary N) is 1. The zero-order valence-corrected chi connectivity index (χ0v) is 13.8. The van der Waals surface area contributed by atoms with Crippen molar-refractivity contribution in [2.75, 3.05) is 0 Å². The number of carboxylic acid groups (broad SMARTS) is 1. The fourth-order valence-electron chi connectivity index (χ4n) is 2.13. The Labute approximate surface area is 148 Å². The van der Waals surface area contributed by atoms with Crippen molar-refractivity contribution in [2.24, 2.45) is 0 Å². The topological polar surface area (TPSA) is 119 Å². The van der Waals surface area contributed by atoms with Gasteiger partial charge in [-0.3, -0.25) is 14.9 Å². The van der Waals surface area contributed by atoms with Crippen LogP contribution in [0.1, 0.15) is 18.1 Å². The molecule has 26 heavy (non-hydrogen) atoms. The summed E-state index contributed by atoms with van der Waals surface area (Å²) in [4.78, 5) is 32.5. The lowest BCUT2D eigenvalue weighted by molar-refractivity contribution is -0.384. The summed E-state index contributed by atoms with van der Waals surface area (Å²) in [5.41, 5.74) is 0.870. The molecule has 0 aromatic heterocycles. The van der Waals surface area contributed by atoms with Gasteiger partial charge in [-0.05, 0) is 29.3 Å². The van der Waals surface area contributed by atoms with Crippen LogP contribution in [0.4, 0.5) is 5.69 Å². The number of benzene rings is 2. The zero-order valence-electron chi connectivity index (χ0n) is 13.8. The van der Waals surface area contributed by atoms with Gasteiger partial charge >= 0.3 is 5.97 Å². The molecule has 0 aliphatic carbocycles. The minimum Gasteiger partial charge on any atom is -0.489 e. The second kappa shape index (κ2) is 8.43. The van der Waals surface area contributed by atoms with Crippen LogP contribution in [0, 0.1) is 10.1 Å². The van der Waals surface area contributed by atoms with Crippen molar-refractivity contribution in [2.45, 2.75) is 13.5 Å². The number of nitrogens with zero attached hydrogens (tertiary/aromatic N) is 1. The number of rotatable bonds is 7. The quantitative estimate of drug-likeness (QED) is 0.447. The molecule has 2 aromatic rings. The van der Waals surface area contributed by atoms with Crippen molar-refractivity contribution in [3.05, 3.63) is 75.5 Å². The monoisotopic (exact) mass is 356 g/mol. The number of hydrogen-bond acceptors (Lipinski definition) is 5. The smallest absolute Gasteiger partial charge is 0.352 e. The Hall–Kier alpha value is -3.68. The van der Waals surface area contributed by atoms with E-state index in [1.807, 2.05) is 0 Å². The number of ether oxygens (including phenoxy) is 1. The van der Waals surface area contributed by atoms with E-state index in [2.05, 4.69) is 5.32 Å². The van der Waals surface area contributed by atoms with Gasteiger partial charge in [-0.15, -0.1) is 0 Å². The maximum Gasteiger partial charge on any atom is 0.352 e. The van der Waals surface area contributed by atoms with E-state index in [9.17, 15) is 19.7 Å². The summed E-state index contributed by atoms with van der Waals surface area (Å²) in [6.45, 7) is 1.34. The Morgan fingerprint density at radius 3 is 2.62 bits per heavy atom. The molecule has 0 fully saturated rings. The molecule has 2 aromatic carbocycles. The number of carbonyl (C=O) groups is 2. The van der Waals surface area contributed by atoms with Gasteiger partial charge in [0.15, 0.2) is 0 Å². The Bertz CT molecular complexity index is 875. The third kappa shape index (κ3) is 5.45. The predicted octanol–water partition coefficient (Wildman–Crippen LogP) is 2.74. The fraction of sp³-hybridized carbons (Fsp3) is 0.111. The minimum atomic E-state index is -1.26. The molecule has 2 N–H and O–H groups in total. The van der Waals surface area contributed by atoms with E-state index in [0.29, 0.717) is 16.9 Å². The number of carbonyl (C=O) groups excluding carboxylic acids is 1. The lowest BCUT2D eigenvalue weighted by Crippen LogP contribution is -2.24. The van der Waals surface area contributed by atoms with Crippen LogP contribution in [-0.4, -0.2) is 21.9 Å². The lowest BCUT2D eigenvalue weighted by Gasteiger charge is -2.08. The normalized spacial score (nSPS) is 10.9. The van der Waals surface area contributed by atoms with Crippen molar-refractivity contribution in [1.82, 2.24) is 5.32 Å². The van der Waals surface area contributed by atoms with Gasteiger partial charge in [0.05, 0.1) is 4.92 Å². The first-order valence-electron chi connectivity index (χ1n) is 7.54. The number of non-ortho nitro benzene ring substituents is 1. The lowest BCUT2D eigenvalue weighted by atomic mass is 10.1. The third-order valence-corrected chi connectivity index (χ3v) is 3.24. The largest absolute Gasteiger partial charge is 0.489 e. The van der Waals surface area contributed by atoms with Gasteiger partial charge in [0.25, 0.3) is 5.69 Å². The van der Waals surface area contributed by atoms with Crippen LogP contribution < -0.4 is 10.1 Å². The zero-order chi connectivity index (χ0) is 19.1. The highest BCUT2D eigenvalue weighted by molar-refractivity contribution is 5.96. The molecular weight excluding hydrogens is 340 g/mol. The van der Waals surface area contributed by atoms with E-state index in [0.717, 1.165) is 0 Å². The molecule has 0 spiro atoms. The van der Waals surface area contributed by atoms with Crippen LogP contribution in [0.15, 0.2) is 54.2 Å². The molecule has 0 saturated heterocycles. The highest BCUT2D eigenvalue weighted by Crippen LogP contribution is 2.19. The summed E-state index contributed by atoms with van der Waals surface area (Å²) in [5, 5.41) is 22.1. The SMILES string of the molecule is CC(=O)N/C(=C/c1cccc(OCc2cccc([N+](=O)[O-])c2)c1)C(=O)O. The second-order valence-corrected chi connectivity index (χ2v) is 5.33. The molecular formula is C18H16N2O6. The van der Waals surface area contributed by atoms with Crippen molar-refractivity contribution in [1.29, 1.82) is 0 Å². The third-order valence-electron chi connectivity index (χ3n) is 3.24. The number of amides is 1. The van der Waals surface area contributed by atoms with Crippen molar-refractivity contribution < 1.29 is 24.4 Å². The molecule has 0 unspecified atom stereocenters. The van der Waals surface area contributed by atoms with Gasteiger partial charge in [0, 0.05) is 19.1 Å². The van der Waals surface area contributed by atoms with Gasteiger partial charge in [0.2, 0.25) is 5.91 Å². The van der Waals surface area contributed by atoms with E-state index >= 15 is 0 Å².